The lowest BCUT2D eigenvalue weighted by molar-refractivity contribution is 0.248. The molecule has 0 bridgehead atoms. The van der Waals surface area contributed by atoms with Crippen LogP contribution in [-0.4, -0.2) is 42.7 Å². The number of benzene rings is 1. The van der Waals surface area contributed by atoms with Crippen LogP contribution in [0.25, 0.3) is 10.3 Å². The summed E-state index contributed by atoms with van der Waals surface area (Å²) in [6, 6.07) is 12.0. The minimum absolute atomic E-state index is 0.216. The van der Waals surface area contributed by atoms with Crippen molar-refractivity contribution in [3.63, 3.8) is 0 Å². The molecule has 0 spiro atoms. The number of pyridine rings is 1. The summed E-state index contributed by atoms with van der Waals surface area (Å²) in [6.07, 6.45) is 2.31. The van der Waals surface area contributed by atoms with Gasteiger partial charge in [0.15, 0.2) is 5.13 Å². The van der Waals surface area contributed by atoms with E-state index in [9.17, 15) is 4.79 Å². The lowest BCUT2D eigenvalue weighted by atomic mass is 10.00. The highest BCUT2D eigenvalue weighted by Crippen LogP contribution is 2.29. The van der Waals surface area contributed by atoms with Crippen LogP contribution < -0.4 is 20.9 Å². The molecule has 1 fully saturated rings. The van der Waals surface area contributed by atoms with Crippen molar-refractivity contribution in [2.45, 2.75) is 19.8 Å². The first kappa shape index (κ1) is 19.6. The maximum Gasteiger partial charge on any atom is 0.321 e. The van der Waals surface area contributed by atoms with E-state index in [0.29, 0.717) is 17.6 Å². The molecule has 1 saturated heterocycles. The SMILES string of the molecule is Cc1ccc(N(C)c2ccc3nc(NC(=O)NCC4CCCNC4)sc3n2)cc1. The summed E-state index contributed by atoms with van der Waals surface area (Å²) in [5, 5.41) is 9.71. The Balaban J connectivity index is 1.41. The maximum atomic E-state index is 12.2. The summed E-state index contributed by atoms with van der Waals surface area (Å²) >= 11 is 1.38. The van der Waals surface area contributed by atoms with Crippen LogP contribution in [0.3, 0.4) is 0 Å². The Bertz CT molecular complexity index is 981. The number of anilines is 3. The van der Waals surface area contributed by atoms with Crippen molar-refractivity contribution in [3.05, 3.63) is 42.0 Å². The van der Waals surface area contributed by atoms with Crippen LogP contribution in [-0.2, 0) is 0 Å². The van der Waals surface area contributed by atoms with Crippen LogP contribution in [0.4, 0.5) is 21.4 Å². The van der Waals surface area contributed by atoms with Crippen molar-refractivity contribution in [3.8, 4) is 0 Å². The Morgan fingerprint density at radius 1 is 1.24 bits per heavy atom. The number of rotatable bonds is 5. The standard InChI is InChI=1S/C21H26N6OS/c1-14-5-7-16(8-6-14)27(2)18-10-9-17-19(25-18)29-21(24-17)26-20(28)23-13-15-4-3-11-22-12-15/h5-10,15,22H,3-4,11-13H2,1-2H3,(H2,23,24,26,28). The van der Waals surface area contributed by atoms with E-state index in [1.54, 1.807) is 0 Å². The van der Waals surface area contributed by atoms with E-state index in [0.717, 1.165) is 47.8 Å². The first-order valence-electron chi connectivity index (χ1n) is 9.92. The molecule has 3 heterocycles. The van der Waals surface area contributed by atoms with Crippen LogP contribution in [0, 0.1) is 12.8 Å². The zero-order chi connectivity index (χ0) is 20.2. The number of hydrogen-bond donors (Lipinski definition) is 3. The number of carbonyl (C=O) groups is 1. The Morgan fingerprint density at radius 3 is 2.83 bits per heavy atom. The first-order valence-corrected chi connectivity index (χ1v) is 10.7. The number of urea groups is 1. The van der Waals surface area contributed by atoms with Crippen molar-refractivity contribution in [2.75, 3.05) is 36.9 Å². The Labute approximate surface area is 174 Å². The molecule has 0 saturated carbocycles. The van der Waals surface area contributed by atoms with Crippen LogP contribution in [0.1, 0.15) is 18.4 Å². The molecule has 0 radical (unpaired) electrons. The van der Waals surface area contributed by atoms with E-state index in [1.807, 2.05) is 24.1 Å². The van der Waals surface area contributed by atoms with Crippen molar-refractivity contribution in [1.82, 2.24) is 20.6 Å². The van der Waals surface area contributed by atoms with Gasteiger partial charge >= 0.3 is 6.03 Å². The van der Waals surface area contributed by atoms with E-state index in [4.69, 9.17) is 4.98 Å². The van der Waals surface area contributed by atoms with Crippen molar-refractivity contribution >= 4 is 44.4 Å². The summed E-state index contributed by atoms with van der Waals surface area (Å²) in [5.41, 5.74) is 3.08. The van der Waals surface area contributed by atoms with Gasteiger partial charge in [0, 0.05) is 19.3 Å². The predicted molar refractivity (Wildman–Crippen MR) is 119 cm³/mol. The number of amides is 2. The number of aromatic nitrogens is 2. The van der Waals surface area contributed by atoms with Gasteiger partial charge in [-0.1, -0.05) is 29.0 Å². The number of piperidine rings is 1. The maximum absolute atomic E-state index is 12.2. The van der Waals surface area contributed by atoms with Crippen LogP contribution >= 0.6 is 11.3 Å². The average Bonchev–Trinajstić information content (AvgIpc) is 3.14. The third-order valence-corrected chi connectivity index (χ3v) is 6.06. The third-order valence-electron chi connectivity index (χ3n) is 5.18. The largest absolute Gasteiger partial charge is 0.337 e. The molecule has 1 aliphatic heterocycles. The summed E-state index contributed by atoms with van der Waals surface area (Å²) in [6.45, 7) is 4.78. The molecule has 1 atom stereocenters. The molecular formula is C21H26N6OS. The molecular weight excluding hydrogens is 384 g/mol. The number of thiazole rings is 1. The smallest absolute Gasteiger partial charge is 0.321 e. The van der Waals surface area contributed by atoms with Gasteiger partial charge in [0.1, 0.15) is 16.2 Å². The number of fused-ring (bicyclic) bond motifs is 1. The highest BCUT2D eigenvalue weighted by atomic mass is 32.1. The van der Waals surface area contributed by atoms with Crippen LogP contribution in [0.15, 0.2) is 36.4 Å². The summed E-state index contributed by atoms with van der Waals surface area (Å²) < 4.78 is 0. The Morgan fingerprint density at radius 2 is 2.07 bits per heavy atom. The highest BCUT2D eigenvalue weighted by Gasteiger charge is 2.15. The van der Waals surface area contributed by atoms with Gasteiger partial charge in [0.05, 0.1) is 0 Å². The van der Waals surface area contributed by atoms with E-state index in [1.165, 1.54) is 16.9 Å². The number of carbonyl (C=O) groups excluding carboxylic acids is 1. The molecule has 1 aromatic carbocycles. The number of nitrogens with zero attached hydrogens (tertiary/aromatic N) is 3. The zero-order valence-corrected chi connectivity index (χ0v) is 17.6. The number of nitrogens with one attached hydrogen (secondary N) is 3. The number of aryl methyl sites for hydroxylation is 1. The minimum atomic E-state index is -0.216. The van der Waals surface area contributed by atoms with Gasteiger partial charge in [-0.25, -0.2) is 14.8 Å². The second-order valence-electron chi connectivity index (χ2n) is 7.45. The zero-order valence-electron chi connectivity index (χ0n) is 16.7. The number of hydrogen-bond acceptors (Lipinski definition) is 6. The molecule has 152 valence electrons. The van der Waals surface area contributed by atoms with Gasteiger partial charge in [-0.15, -0.1) is 0 Å². The van der Waals surface area contributed by atoms with Crippen LogP contribution in [0.5, 0.6) is 0 Å². The highest BCUT2D eigenvalue weighted by molar-refractivity contribution is 7.22. The fourth-order valence-corrected chi connectivity index (χ4v) is 4.25. The summed E-state index contributed by atoms with van der Waals surface area (Å²) in [7, 11) is 1.99. The molecule has 29 heavy (non-hydrogen) atoms. The quantitative estimate of drug-likeness (QED) is 0.594. The normalized spacial score (nSPS) is 16.6. The molecule has 3 aromatic rings. The molecule has 1 unspecified atom stereocenters. The monoisotopic (exact) mass is 410 g/mol. The topological polar surface area (TPSA) is 82.2 Å². The average molecular weight is 411 g/mol. The van der Waals surface area contributed by atoms with Gasteiger partial charge in [0.2, 0.25) is 0 Å². The minimum Gasteiger partial charge on any atom is -0.337 e. The van der Waals surface area contributed by atoms with Crippen molar-refractivity contribution < 1.29 is 4.79 Å². The van der Waals surface area contributed by atoms with Gasteiger partial charge in [-0.05, 0) is 63.0 Å². The van der Waals surface area contributed by atoms with Crippen LogP contribution in [0.2, 0.25) is 0 Å². The molecule has 0 aliphatic carbocycles. The second kappa shape index (κ2) is 8.75. The van der Waals surface area contributed by atoms with E-state index < -0.39 is 0 Å². The molecule has 7 nitrogen and oxygen atoms in total. The molecule has 8 heteroatoms. The lowest BCUT2D eigenvalue weighted by Gasteiger charge is -2.22. The van der Waals surface area contributed by atoms with Gasteiger partial charge in [0.25, 0.3) is 0 Å². The van der Waals surface area contributed by atoms with E-state index >= 15 is 0 Å². The van der Waals surface area contributed by atoms with E-state index in [-0.39, 0.29) is 6.03 Å². The van der Waals surface area contributed by atoms with E-state index in [2.05, 4.69) is 52.1 Å². The predicted octanol–water partition coefficient (Wildman–Crippen LogP) is 3.89. The lowest BCUT2D eigenvalue weighted by Crippen LogP contribution is -2.39. The fourth-order valence-electron chi connectivity index (χ4n) is 3.42. The molecule has 4 rings (SSSR count). The van der Waals surface area contributed by atoms with Gasteiger partial charge < -0.3 is 15.5 Å². The van der Waals surface area contributed by atoms with Gasteiger partial charge in [-0.2, -0.15) is 0 Å². The second-order valence-corrected chi connectivity index (χ2v) is 8.43. The molecule has 2 aromatic heterocycles. The molecule has 2 amide bonds. The van der Waals surface area contributed by atoms with Gasteiger partial charge in [-0.3, -0.25) is 5.32 Å². The van der Waals surface area contributed by atoms with Crippen molar-refractivity contribution in [2.24, 2.45) is 5.92 Å². The Hall–Kier alpha value is -2.71. The Kier molecular flexibility index (Phi) is 5.92. The summed E-state index contributed by atoms with van der Waals surface area (Å²) in [4.78, 5) is 24.3. The fraction of sp³-hybridized carbons (Fsp3) is 0.381. The first-order chi connectivity index (χ1) is 14.1. The molecule has 3 N–H and O–H groups in total. The van der Waals surface area contributed by atoms with Crippen molar-refractivity contribution in [1.29, 1.82) is 0 Å². The molecule has 1 aliphatic rings. The summed E-state index contributed by atoms with van der Waals surface area (Å²) in [5.74, 6) is 1.33. The third kappa shape index (κ3) is 4.83.